The van der Waals surface area contributed by atoms with Crippen molar-refractivity contribution in [2.45, 2.75) is 0 Å². The molecule has 52 valence electrons. The predicted molar refractivity (Wildman–Crippen MR) is 25.0 cm³/mol. The summed E-state index contributed by atoms with van der Waals surface area (Å²) >= 11 is 0. The van der Waals surface area contributed by atoms with Crippen LogP contribution in [0.25, 0.3) is 0 Å². The number of phosphoric acid groups is 1. The monoisotopic (exact) mass is 153 g/mol. The van der Waals surface area contributed by atoms with Gasteiger partial charge in [0.25, 0.3) is 5.91 Å². The maximum atomic E-state index is 10.3. The van der Waals surface area contributed by atoms with Crippen LogP contribution in [-0.2, 0) is 18.5 Å². The van der Waals surface area contributed by atoms with E-state index in [2.05, 4.69) is 9.15 Å². The van der Waals surface area contributed by atoms with Crippen LogP contribution in [0.15, 0.2) is 0 Å². The zero-order valence-electron chi connectivity index (χ0n) is 4.23. The first kappa shape index (κ1) is 6.70. The highest BCUT2D eigenvalue weighted by Gasteiger charge is 2.28. The molecule has 1 amide bonds. The zero-order chi connectivity index (χ0) is 6.91. The third kappa shape index (κ3) is 1.76. The van der Waals surface area contributed by atoms with Gasteiger partial charge in [0.2, 0.25) is 0 Å². The van der Waals surface area contributed by atoms with Crippen LogP contribution < -0.4 is 5.48 Å². The molecule has 1 atom stereocenters. The van der Waals surface area contributed by atoms with E-state index in [4.69, 9.17) is 4.89 Å². The summed E-state index contributed by atoms with van der Waals surface area (Å²) < 4.78 is 18.2. The molecule has 1 heterocycles. The van der Waals surface area contributed by atoms with E-state index in [0.29, 0.717) is 0 Å². The number of hydrogen-bond donors (Lipinski definition) is 2. The summed E-state index contributed by atoms with van der Waals surface area (Å²) in [6.07, 6.45) is 0. The molecule has 2 N–H and O–H groups in total. The average molecular weight is 153 g/mol. The van der Waals surface area contributed by atoms with Crippen LogP contribution in [0.2, 0.25) is 0 Å². The third-order valence-corrected chi connectivity index (χ3v) is 1.41. The zero-order valence-corrected chi connectivity index (χ0v) is 5.13. The smallest absolute Gasteiger partial charge is 0.301 e. The van der Waals surface area contributed by atoms with Crippen molar-refractivity contribution in [1.29, 1.82) is 0 Å². The Morgan fingerprint density at radius 3 is 2.78 bits per heavy atom. The largest absolute Gasteiger partial charge is 0.494 e. The van der Waals surface area contributed by atoms with Gasteiger partial charge in [0.05, 0.1) is 0 Å². The lowest BCUT2D eigenvalue weighted by Crippen LogP contribution is -2.31. The molecule has 1 fully saturated rings. The standard InChI is InChI=1S/C2H4NO5P/c4-2-1-7-9(5,6)8-3-2/h1H2,(H,3,4)(H,5,6). The summed E-state index contributed by atoms with van der Waals surface area (Å²) in [5.41, 5.74) is 1.70. The summed E-state index contributed by atoms with van der Waals surface area (Å²) in [6.45, 7) is -0.437. The summed E-state index contributed by atoms with van der Waals surface area (Å²) in [7, 11) is -3.96. The summed E-state index contributed by atoms with van der Waals surface area (Å²) in [4.78, 5) is 18.5. The van der Waals surface area contributed by atoms with Gasteiger partial charge in [0.15, 0.2) is 0 Å². The Bertz CT molecular complexity index is 164. The van der Waals surface area contributed by atoms with Gasteiger partial charge < -0.3 is 4.89 Å². The van der Waals surface area contributed by atoms with Crippen LogP contribution in [0.5, 0.6) is 0 Å². The normalized spacial score (nSPS) is 35.9. The highest BCUT2D eigenvalue weighted by molar-refractivity contribution is 7.47. The lowest BCUT2D eigenvalue weighted by Gasteiger charge is -2.15. The molecule has 1 rings (SSSR count). The minimum absolute atomic E-state index is 0.437. The van der Waals surface area contributed by atoms with E-state index in [1.165, 1.54) is 0 Å². The summed E-state index contributed by atoms with van der Waals surface area (Å²) in [5, 5.41) is 0. The highest BCUT2D eigenvalue weighted by atomic mass is 31.2. The van der Waals surface area contributed by atoms with Crippen LogP contribution >= 0.6 is 7.82 Å². The Labute approximate surface area is 50.3 Å². The van der Waals surface area contributed by atoms with E-state index < -0.39 is 20.3 Å². The van der Waals surface area contributed by atoms with Crippen molar-refractivity contribution in [2.75, 3.05) is 6.61 Å². The minimum atomic E-state index is -3.96. The number of carbonyl (C=O) groups is 1. The van der Waals surface area contributed by atoms with Crippen molar-refractivity contribution < 1.29 is 23.4 Å². The van der Waals surface area contributed by atoms with Gasteiger partial charge in [-0.3, -0.25) is 9.32 Å². The number of phosphoric ester groups is 1. The van der Waals surface area contributed by atoms with E-state index in [0.717, 1.165) is 0 Å². The Morgan fingerprint density at radius 2 is 2.44 bits per heavy atom. The van der Waals surface area contributed by atoms with Gasteiger partial charge >= 0.3 is 7.82 Å². The Hall–Kier alpha value is -0.420. The van der Waals surface area contributed by atoms with E-state index in [1.54, 1.807) is 5.48 Å². The van der Waals surface area contributed by atoms with E-state index >= 15 is 0 Å². The van der Waals surface area contributed by atoms with Gasteiger partial charge in [-0.1, -0.05) is 0 Å². The molecule has 0 aromatic carbocycles. The van der Waals surface area contributed by atoms with Crippen LogP contribution in [0.4, 0.5) is 0 Å². The van der Waals surface area contributed by atoms with Crippen LogP contribution in [0.3, 0.4) is 0 Å². The molecule has 1 aliphatic rings. The molecule has 0 aliphatic carbocycles. The van der Waals surface area contributed by atoms with Crippen molar-refractivity contribution in [3.63, 3.8) is 0 Å². The first-order chi connectivity index (χ1) is 4.10. The number of hydroxylamine groups is 1. The first-order valence-corrected chi connectivity index (χ1v) is 3.54. The highest BCUT2D eigenvalue weighted by Crippen LogP contribution is 2.43. The fourth-order valence-electron chi connectivity index (χ4n) is 0.305. The second-order valence-electron chi connectivity index (χ2n) is 1.36. The topological polar surface area (TPSA) is 84.9 Å². The number of nitrogens with one attached hydrogen (secondary N) is 1. The number of hydrogen-bond acceptors (Lipinski definition) is 4. The maximum Gasteiger partial charge on any atom is 0.494 e. The molecule has 1 aliphatic heterocycles. The lowest BCUT2D eigenvalue weighted by atomic mass is 10.7. The molecular weight excluding hydrogens is 149 g/mol. The molecule has 0 bridgehead atoms. The van der Waals surface area contributed by atoms with Gasteiger partial charge in [-0.2, -0.15) is 4.62 Å². The minimum Gasteiger partial charge on any atom is -0.301 e. The van der Waals surface area contributed by atoms with Crippen molar-refractivity contribution in [2.24, 2.45) is 0 Å². The van der Waals surface area contributed by atoms with Crippen molar-refractivity contribution >= 4 is 13.7 Å². The first-order valence-electron chi connectivity index (χ1n) is 2.05. The second-order valence-corrected chi connectivity index (χ2v) is 2.74. The molecule has 7 heteroatoms. The quantitative estimate of drug-likeness (QED) is 0.443. The molecular formula is C2H4NO5P. The number of carbonyl (C=O) groups excluding carboxylic acids is 1. The van der Waals surface area contributed by atoms with E-state index in [9.17, 15) is 9.36 Å². The molecule has 0 aromatic heterocycles. The SMILES string of the molecule is O=C1COP(=O)(O)ON1. The maximum absolute atomic E-state index is 10.3. The average Bonchev–Trinajstić information content (AvgIpc) is 1.78. The Kier molecular flexibility index (Phi) is 1.54. The van der Waals surface area contributed by atoms with Crippen LogP contribution in [-0.4, -0.2) is 17.4 Å². The molecule has 1 unspecified atom stereocenters. The van der Waals surface area contributed by atoms with Gasteiger partial charge in [-0.15, -0.1) is 0 Å². The summed E-state index contributed by atoms with van der Waals surface area (Å²) in [6, 6.07) is 0. The molecule has 1 saturated heterocycles. The van der Waals surface area contributed by atoms with Crippen molar-refractivity contribution in [3.8, 4) is 0 Å². The fraction of sp³-hybridized carbons (Fsp3) is 0.500. The van der Waals surface area contributed by atoms with Crippen LogP contribution in [0, 0.1) is 0 Å². The third-order valence-electron chi connectivity index (χ3n) is 0.634. The van der Waals surface area contributed by atoms with Crippen molar-refractivity contribution in [1.82, 2.24) is 5.48 Å². The fourth-order valence-corrected chi connectivity index (χ4v) is 0.855. The van der Waals surface area contributed by atoms with Gasteiger partial charge in [-0.05, 0) is 0 Å². The molecule has 0 saturated carbocycles. The molecule has 9 heavy (non-hydrogen) atoms. The predicted octanol–water partition coefficient (Wildman–Crippen LogP) is -0.835. The van der Waals surface area contributed by atoms with E-state index in [1.807, 2.05) is 0 Å². The molecule has 0 radical (unpaired) electrons. The van der Waals surface area contributed by atoms with Gasteiger partial charge in [0, 0.05) is 0 Å². The second kappa shape index (κ2) is 2.07. The van der Waals surface area contributed by atoms with Gasteiger partial charge in [0.1, 0.15) is 6.61 Å². The van der Waals surface area contributed by atoms with Gasteiger partial charge in [-0.25, -0.2) is 10.0 Å². The van der Waals surface area contributed by atoms with Crippen molar-refractivity contribution in [3.05, 3.63) is 0 Å². The number of amides is 1. The Balaban J connectivity index is 2.54. The molecule has 0 spiro atoms. The lowest BCUT2D eigenvalue weighted by molar-refractivity contribution is -0.136. The van der Waals surface area contributed by atoms with E-state index in [-0.39, 0.29) is 0 Å². The Morgan fingerprint density at radius 1 is 1.78 bits per heavy atom. The summed E-state index contributed by atoms with van der Waals surface area (Å²) in [5.74, 6) is -0.574. The molecule has 6 nitrogen and oxygen atoms in total. The van der Waals surface area contributed by atoms with Crippen LogP contribution in [0.1, 0.15) is 0 Å². The molecule has 0 aromatic rings. The number of rotatable bonds is 0.